The monoisotopic (exact) mass is 450 g/mol. The molecule has 8 nitrogen and oxygen atoms in total. The molecule has 176 valence electrons. The zero-order chi connectivity index (χ0) is 23.4. The summed E-state index contributed by atoms with van der Waals surface area (Å²) >= 11 is 0. The first kappa shape index (κ1) is 23.0. The zero-order valence-corrected chi connectivity index (χ0v) is 19.8. The molecule has 0 atom stereocenters. The van der Waals surface area contributed by atoms with Gasteiger partial charge in [0.25, 0.3) is 0 Å². The van der Waals surface area contributed by atoms with Crippen LogP contribution in [-0.2, 0) is 12.8 Å². The van der Waals surface area contributed by atoms with Gasteiger partial charge in [0.2, 0.25) is 5.95 Å². The molecule has 1 aromatic carbocycles. The van der Waals surface area contributed by atoms with Gasteiger partial charge in [-0.3, -0.25) is 4.79 Å². The van der Waals surface area contributed by atoms with Gasteiger partial charge in [-0.1, -0.05) is 0 Å². The quantitative estimate of drug-likeness (QED) is 0.572. The Morgan fingerprint density at radius 2 is 1.61 bits per heavy atom. The van der Waals surface area contributed by atoms with Crippen LogP contribution in [0.3, 0.4) is 0 Å². The van der Waals surface area contributed by atoms with Crippen molar-refractivity contribution in [1.82, 2.24) is 15.3 Å². The zero-order valence-electron chi connectivity index (χ0n) is 19.8. The van der Waals surface area contributed by atoms with Gasteiger partial charge in [0.15, 0.2) is 5.78 Å². The van der Waals surface area contributed by atoms with Crippen molar-refractivity contribution in [3.05, 3.63) is 41.1 Å². The summed E-state index contributed by atoms with van der Waals surface area (Å²) in [6.45, 7) is 1.53. The van der Waals surface area contributed by atoms with Crippen LogP contribution in [0.15, 0.2) is 24.3 Å². The van der Waals surface area contributed by atoms with E-state index in [9.17, 15) is 9.59 Å². The number of hydrogen-bond acceptors (Lipinski definition) is 6. The van der Waals surface area contributed by atoms with Crippen LogP contribution in [-0.4, -0.2) is 48.0 Å². The van der Waals surface area contributed by atoms with E-state index in [2.05, 4.69) is 20.9 Å². The number of Topliss-reactive ketones (excluding diaryl/α,β-unsaturated/α-hetero) is 1. The van der Waals surface area contributed by atoms with Crippen molar-refractivity contribution in [2.24, 2.45) is 0 Å². The summed E-state index contributed by atoms with van der Waals surface area (Å²) in [4.78, 5) is 35.5. The molecule has 1 aromatic heterocycles. The van der Waals surface area contributed by atoms with Crippen molar-refractivity contribution in [2.75, 3.05) is 29.6 Å². The minimum Gasteiger partial charge on any atom is -0.362 e. The number of aromatic nitrogens is 2. The van der Waals surface area contributed by atoms with Crippen LogP contribution in [0, 0.1) is 0 Å². The number of fused-ring (bicyclic) bond motifs is 1. The molecule has 33 heavy (non-hydrogen) atoms. The van der Waals surface area contributed by atoms with Gasteiger partial charge >= 0.3 is 6.03 Å². The molecule has 2 aliphatic carbocycles. The second-order valence-electron chi connectivity index (χ2n) is 9.32. The molecular formula is C25H34N6O2. The van der Waals surface area contributed by atoms with E-state index < -0.39 is 0 Å². The molecule has 0 spiro atoms. The number of rotatable bonds is 6. The molecule has 8 heteroatoms. The van der Waals surface area contributed by atoms with E-state index in [1.54, 1.807) is 24.3 Å². The Hall–Kier alpha value is -3.16. The van der Waals surface area contributed by atoms with E-state index >= 15 is 0 Å². The summed E-state index contributed by atoms with van der Waals surface area (Å²) in [5.74, 6) is 1.77. The Kier molecular flexibility index (Phi) is 7.11. The van der Waals surface area contributed by atoms with Gasteiger partial charge in [0.1, 0.15) is 5.82 Å². The summed E-state index contributed by atoms with van der Waals surface area (Å²) < 4.78 is 0. The van der Waals surface area contributed by atoms with Crippen molar-refractivity contribution in [1.29, 1.82) is 0 Å². The summed E-state index contributed by atoms with van der Waals surface area (Å²) in [6, 6.07) is 7.17. The van der Waals surface area contributed by atoms with Gasteiger partial charge in [-0.25, -0.2) is 9.78 Å². The van der Waals surface area contributed by atoms with Gasteiger partial charge in [0.05, 0.1) is 5.69 Å². The molecule has 1 saturated carbocycles. The Morgan fingerprint density at radius 1 is 0.939 bits per heavy atom. The molecule has 0 aliphatic heterocycles. The number of amides is 2. The van der Waals surface area contributed by atoms with Gasteiger partial charge in [-0.05, 0) is 82.6 Å². The number of carbonyl (C=O) groups excluding carboxylic acids is 2. The maximum Gasteiger partial charge on any atom is 0.319 e. The highest BCUT2D eigenvalue weighted by molar-refractivity contribution is 5.95. The lowest BCUT2D eigenvalue weighted by Gasteiger charge is -2.30. The van der Waals surface area contributed by atoms with Crippen LogP contribution in [0.2, 0.25) is 0 Å². The third-order valence-corrected chi connectivity index (χ3v) is 6.53. The fourth-order valence-electron chi connectivity index (χ4n) is 4.71. The first-order chi connectivity index (χ1) is 15.9. The molecule has 0 bridgehead atoms. The average Bonchev–Trinajstić information content (AvgIpc) is 2.80. The topological polar surface area (TPSA) is 99.2 Å². The molecular weight excluding hydrogens is 416 g/mol. The number of urea groups is 1. The highest BCUT2D eigenvalue weighted by Crippen LogP contribution is 2.29. The number of nitrogens with one attached hydrogen (secondary N) is 3. The van der Waals surface area contributed by atoms with E-state index in [1.165, 1.54) is 31.0 Å². The van der Waals surface area contributed by atoms with Gasteiger partial charge in [-0.15, -0.1) is 0 Å². The van der Waals surface area contributed by atoms with Gasteiger partial charge in [0, 0.05) is 43.0 Å². The molecule has 4 rings (SSSR count). The van der Waals surface area contributed by atoms with Crippen LogP contribution in [0.5, 0.6) is 0 Å². The normalized spacial score (nSPS) is 19.8. The number of nitrogens with zero attached hydrogens (tertiary/aromatic N) is 3. The Balaban J connectivity index is 1.28. The van der Waals surface area contributed by atoms with Crippen molar-refractivity contribution >= 4 is 29.3 Å². The lowest BCUT2D eigenvalue weighted by Crippen LogP contribution is -2.42. The highest BCUT2D eigenvalue weighted by atomic mass is 16.2. The summed E-state index contributed by atoms with van der Waals surface area (Å²) in [7, 11) is 4.08. The fourth-order valence-corrected chi connectivity index (χ4v) is 4.71. The molecule has 2 aromatic rings. The smallest absolute Gasteiger partial charge is 0.319 e. The molecule has 2 aliphatic rings. The number of carbonyl (C=O) groups is 2. The largest absolute Gasteiger partial charge is 0.362 e. The molecule has 3 N–H and O–H groups in total. The first-order valence-corrected chi connectivity index (χ1v) is 11.9. The summed E-state index contributed by atoms with van der Waals surface area (Å²) in [5.41, 5.74) is 3.79. The van der Waals surface area contributed by atoms with E-state index in [4.69, 9.17) is 9.97 Å². The highest BCUT2D eigenvalue weighted by Gasteiger charge is 2.25. The SMILES string of the molecule is CC(=O)c1ccc(NC(=O)N[C@H]2CC[C@@H](Nc3nc4c(c(N(C)C)n3)CCCC4)CC2)cc1. The van der Waals surface area contributed by atoms with E-state index in [1.807, 2.05) is 14.1 Å². The fraction of sp³-hybridized carbons (Fsp3) is 0.520. The van der Waals surface area contributed by atoms with Crippen LogP contribution in [0.25, 0.3) is 0 Å². The van der Waals surface area contributed by atoms with Crippen LogP contribution in [0.4, 0.5) is 22.2 Å². The molecule has 1 heterocycles. The van der Waals surface area contributed by atoms with Gasteiger partial charge in [-0.2, -0.15) is 4.98 Å². The number of anilines is 3. The second kappa shape index (κ2) is 10.2. The van der Waals surface area contributed by atoms with Crippen molar-refractivity contribution in [2.45, 2.75) is 70.4 Å². The minimum atomic E-state index is -0.212. The lowest BCUT2D eigenvalue weighted by atomic mass is 9.91. The molecule has 0 saturated heterocycles. The predicted molar refractivity (Wildman–Crippen MR) is 131 cm³/mol. The number of aryl methyl sites for hydroxylation is 1. The van der Waals surface area contributed by atoms with Crippen molar-refractivity contribution in [3.63, 3.8) is 0 Å². The average molecular weight is 451 g/mol. The number of ketones is 1. The van der Waals surface area contributed by atoms with Crippen LogP contribution >= 0.6 is 0 Å². The van der Waals surface area contributed by atoms with E-state index in [0.29, 0.717) is 17.3 Å². The first-order valence-electron chi connectivity index (χ1n) is 11.9. The summed E-state index contributed by atoms with van der Waals surface area (Å²) in [6.07, 6.45) is 8.19. The Morgan fingerprint density at radius 3 is 2.27 bits per heavy atom. The second-order valence-corrected chi connectivity index (χ2v) is 9.32. The maximum atomic E-state index is 12.4. The third kappa shape index (κ3) is 5.80. The minimum absolute atomic E-state index is 0.00935. The Bertz CT molecular complexity index is 997. The third-order valence-electron chi connectivity index (χ3n) is 6.53. The molecule has 1 fully saturated rings. The van der Waals surface area contributed by atoms with Gasteiger partial charge < -0.3 is 20.9 Å². The molecule has 0 radical (unpaired) electrons. The predicted octanol–water partition coefficient (Wildman–Crippen LogP) is 4.17. The van der Waals surface area contributed by atoms with Crippen molar-refractivity contribution < 1.29 is 9.59 Å². The van der Waals surface area contributed by atoms with Crippen molar-refractivity contribution in [3.8, 4) is 0 Å². The standard InChI is InChI=1S/C25H34N6O2/c1-16(32)17-8-10-19(11-9-17)27-25(33)28-20-14-12-18(13-15-20)26-24-29-22-7-5-4-6-21(22)23(30-24)31(2)3/h8-11,18,20H,4-7,12-15H2,1-3H3,(H,26,29,30)(H2,27,28,33)/t18-,20+. The number of benzene rings is 1. The summed E-state index contributed by atoms with van der Waals surface area (Å²) in [5, 5.41) is 9.47. The molecule has 0 unspecified atom stereocenters. The van der Waals surface area contributed by atoms with Crippen LogP contribution < -0.4 is 20.9 Å². The Labute approximate surface area is 195 Å². The molecule has 2 amide bonds. The number of hydrogen-bond donors (Lipinski definition) is 3. The van der Waals surface area contributed by atoms with E-state index in [-0.39, 0.29) is 17.9 Å². The lowest BCUT2D eigenvalue weighted by molar-refractivity contribution is 0.101. The van der Waals surface area contributed by atoms with E-state index in [0.717, 1.165) is 50.3 Å². The van der Waals surface area contributed by atoms with Crippen LogP contribution in [0.1, 0.15) is 67.1 Å². The maximum absolute atomic E-state index is 12.4.